The maximum atomic E-state index is 12.9. The smallest absolute Gasteiger partial charge is 0.332 e. The molecule has 3 rings (SSSR count). The van der Waals surface area contributed by atoms with E-state index in [1.165, 1.54) is 11.6 Å². The molecule has 186 valence electrons. The number of aryl methyl sites for hydroxylation is 1. The van der Waals surface area contributed by atoms with Crippen molar-refractivity contribution in [1.82, 2.24) is 18.7 Å². The van der Waals surface area contributed by atoms with Gasteiger partial charge in [-0.05, 0) is 44.5 Å². The number of benzene rings is 1. The zero-order valence-electron chi connectivity index (χ0n) is 20.3. The van der Waals surface area contributed by atoms with E-state index in [4.69, 9.17) is 14.2 Å². The van der Waals surface area contributed by atoms with Crippen LogP contribution in [-0.4, -0.2) is 62.9 Å². The minimum absolute atomic E-state index is 0.000248. The van der Waals surface area contributed by atoms with E-state index in [-0.39, 0.29) is 30.4 Å². The lowest BCUT2D eigenvalue weighted by atomic mass is 10.3. The van der Waals surface area contributed by atoms with Crippen LogP contribution in [0.2, 0.25) is 0 Å². The van der Waals surface area contributed by atoms with Crippen molar-refractivity contribution < 1.29 is 19.3 Å². The average Bonchev–Trinajstić information content (AvgIpc) is 3.18. The molecule has 1 atom stereocenters. The van der Waals surface area contributed by atoms with Crippen LogP contribution in [-0.2, 0) is 25.4 Å². The summed E-state index contributed by atoms with van der Waals surface area (Å²) in [6, 6.07) is 7.02. The number of hydrogen-bond acceptors (Lipinski definition) is 8. The Bertz CT molecular complexity index is 1210. The van der Waals surface area contributed by atoms with Crippen molar-refractivity contribution in [2.24, 2.45) is 14.1 Å². The van der Waals surface area contributed by atoms with Crippen molar-refractivity contribution in [2.45, 2.75) is 39.0 Å². The first-order chi connectivity index (χ1) is 16.2. The summed E-state index contributed by atoms with van der Waals surface area (Å²) in [6.45, 7) is 5.11. The molecule has 11 nitrogen and oxygen atoms in total. The van der Waals surface area contributed by atoms with Gasteiger partial charge in [0.15, 0.2) is 11.2 Å². The van der Waals surface area contributed by atoms with Gasteiger partial charge in [0.2, 0.25) is 5.95 Å². The number of aliphatic hydroxyl groups is 1. The van der Waals surface area contributed by atoms with Crippen molar-refractivity contribution in [3.63, 3.8) is 0 Å². The SMILES string of the molecule is COc1ccc(OC[C@H](O)Cn2c(NCCCOC(C)C)nc3c2c(=O)n(C)c(=O)n3C)cc1. The Morgan fingerprint density at radius 3 is 2.41 bits per heavy atom. The summed E-state index contributed by atoms with van der Waals surface area (Å²) in [4.78, 5) is 29.8. The van der Waals surface area contributed by atoms with Crippen LogP contribution in [0.1, 0.15) is 20.3 Å². The molecule has 0 fully saturated rings. The fourth-order valence-corrected chi connectivity index (χ4v) is 3.48. The number of rotatable bonds is 12. The lowest BCUT2D eigenvalue weighted by molar-refractivity contribution is 0.0786. The summed E-state index contributed by atoms with van der Waals surface area (Å²) in [5.74, 6) is 1.67. The van der Waals surface area contributed by atoms with E-state index in [1.54, 1.807) is 43.0 Å². The molecule has 0 saturated carbocycles. The van der Waals surface area contributed by atoms with Gasteiger partial charge in [0.1, 0.15) is 24.2 Å². The molecule has 0 aliphatic rings. The third kappa shape index (κ3) is 5.78. The second kappa shape index (κ2) is 11.2. The first-order valence-electron chi connectivity index (χ1n) is 11.2. The fraction of sp³-hybridized carbons (Fsp3) is 0.522. The van der Waals surface area contributed by atoms with E-state index in [0.29, 0.717) is 30.6 Å². The molecule has 11 heteroatoms. The summed E-state index contributed by atoms with van der Waals surface area (Å²) in [7, 11) is 4.56. The molecule has 0 saturated heterocycles. The second-order valence-electron chi connectivity index (χ2n) is 8.26. The number of ether oxygens (including phenoxy) is 3. The molecule has 0 bridgehead atoms. The molecule has 0 aliphatic carbocycles. The lowest BCUT2D eigenvalue weighted by Gasteiger charge is -2.16. The number of imidazole rings is 1. The van der Waals surface area contributed by atoms with Crippen LogP contribution in [0.5, 0.6) is 11.5 Å². The molecule has 3 aromatic rings. The van der Waals surface area contributed by atoms with Crippen LogP contribution in [0.4, 0.5) is 5.95 Å². The highest BCUT2D eigenvalue weighted by molar-refractivity contribution is 5.74. The third-order valence-corrected chi connectivity index (χ3v) is 5.30. The predicted molar refractivity (Wildman–Crippen MR) is 129 cm³/mol. The monoisotopic (exact) mass is 475 g/mol. The number of aliphatic hydroxyl groups excluding tert-OH is 1. The Hall–Kier alpha value is -3.31. The molecular weight excluding hydrogens is 442 g/mol. The Balaban J connectivity index is 1.82. The number of nitrogens with one attached hydrogen (secondary N) is 1. The average molecular weight is 476 g/mol. The fourth-order valence-electron chi connectivity index (χ4n) is 3.48. The zero-order valence-corrected chi connectivity index (χ0v) is 20.3. The van der Waals surface area contributed by atoms with Crippen molar-refractivity contribution in [3.8, 4) is 11.5 Å². The normalized spacial score (nSPS) is 12.3. The van der Waals surface area contributed by atoms with Crippen LogP contribution in [0, 0.1) is 0 Å². The predicted octanol–water partition coefficient (Wildman–Crippen LogP) is 1.11. The van der Waals surface area contributed by atoms with Crippen LogP contribution < -0.4 is 26.0 Å². The number of nitrogens with zero attached hydrogens (tertiary/aromatic N) is 4. The molecule has 2 aromatic heterocycles. The van der Waals surface area contributed by atoms with Gasteiger partial charge in [-0.1, -0.05) is 0 Å². The quantitative estimate of drug-likeness (QED) is 0.374. The van der Waals surface area contributed by atoms with Crippen LogP contribution in [0.15, 0.2) is 33.9 Å². The minimum atomic E-state index is -0.939. The number of methoxy groups -OCH3 is 1. The van der Waals surface area contributed by atoms with Crippen molar-refractivity contribution in [1.29, 1.82) is 0 Å². The van der Waals surface area contributed by atoms with Gasteiger partial charge in [0.25, 0.3) is 5.56 Å². The van der Waals surface area contributed by atoms with Gasteiger partial charge in [-0.3, -0.25) is 13.9 Å². The molecule has 1 aromatic carbocycles. The van der Waals surface area contributed by atoms with E-state index in [9.17, 15) is 14.7 Å². The van der Waals surface area contributed by atoms with Crippen LogP contribution in [0.3, 0.4) is 0 Å². The van der Waals surface area contributed by atoms with Gasteiger partial charge >= 0.3 is 5.69 Å². The molecule has 0 amide bonds. The summed E-state index contributed by atoms with van der Waals surface area (Å²) in [5, 5.41) is 13.9. The van der Waals surface area contributed by atoms with Crippen LogP contribution in [0.25, 0.3) is 11.2 Å². The number of hydrogen-bond donors (Lipinski definition) is 2. The first-order valence-corrected chi connectivity index (χ1v) is 11.2. The Morgan fingerprint density at radius 1 is 1.09 bits per heavy atom. The van der Waals surface area contributed by atoms with E-state index in [2.05, 4.69) is 10.3 Å². The summed E-state index contributed by atoms with van der Waals surface area (Å²) in [5.41, 5.74) is -0.473. The zero-order chi connectivity index (χ0) is 24.8. The highest BCUT2D eigenvalue weighted by Gasteiger charge is 2.21. The van der Waals surface area contributed by atoms with E-state index in [0.717, 1.165) is 11.0 Å². The molecule has 0 unspecified atom stereocenters. The Labute approximate surface area is 197 Å². The van der Waals surface area contributed by atoms with Crippen molar-refractivity contribution in [2.75, 3.05) is 32.2 Å². The lowest BCUT2D eigenvalue weighted by Crippen LogP contribution is -2.38. The van der Waals surface area contributed by atoms with Gasteiger partial charge < -0.3 is 29.2 Å². The Kier molecular flexibility index (Phi) is 8.35. The highest BCUT2D eigenvalue weighted by atomic mass is 16.5. The van der Waals surface area contributed by atoms with Crippen molar-refractivity contribution in [3.05, 3.63) is 45.1 Å². The van der Waals surface area contributed by atoms with Gasteiger partial charge in [-0.2, -0.15) is 4.98 Å². The molecule has 2 heterocycles. The van der Waals surface area contributed by atoms with Gasteiger partial charge in [-0.15, -0.1) is 0 Å². The molecule has 0 spiro atoms. The number of aromatic nitrogens is 4. The topological polar surface area (TPSA) is 122 Å². The summed E-state index contributed by atoms with van der Waals surface area (Å²) in [6.07, 6.45) is -0.0733. The first kappa shape index (κ1) is 25.3. The van der Waals surface area contributed by atoms with E-state index >= 15 is 0 Å². The third-order valence-electron chi connectivity index (χ3n) is 5.30. The molecule has 34 heavy (non-hydrogen) atoms. The summed E-state index contributed by atoms with van der Waals surface area (Å²) < 4.78 is 20.3. The van der Waals surface area contributed by atoms with Crippen LogP contribution >= 0.6 is 0 Å². The summed E-state index contributed by atoms with van der Waals surface area (Å²) >= 11 is 0. The second-order valence-corrected chi connectivity index (χ2v) is 8.26. The van der Waals surface area contributed by atoms with E-state index < -0.39 is 17.4 Å². The van der Waals surface area contributed by atoms with Gasteiger partial charge in [0, 0.05) is 27.2 Å². The maximum absolute atomic E-state index is 12.9. The molecular formula is C23H33N5O6. The number of anilines is 1. The molecule has 2 N–H and O–H groups in total. The Morgan fingerprint density at radius 2 is 1.76 bits per heavy atom. The largest absolute Gasteiger partial charge is 0.497 e. The molecule has 0 radical (unpaired) electrons. The van der Waals surface area contributed by atoms with Gasteiger partial charge in [0.05, 0.1) is 19.8 Å². The standard InChI is InChI=1S/C23H33N5O6/c1-15(2)33-12-6-11-24-22-25-20-19(21(30)27(4)23(31)26(20)3)28(22)13-16(29)14-34-18-9-7-17(32-5)8-10-18/h7-10,15-16,29H,6,11-14H2,1-5H3,(H,24,25)/t16-/m1/s1. The molecule has 0 aliphatic heterocycles. The van der Waals surface area contributed by atoms with Crippen molar-refractivity contribution >= 4 is 17.1 Å². The minimum Gasteiger partial charge on any atom is -0.497 e. The highest BCUT2D eigenvalue weighted by Crippen LogP contribution is 2.19. The number of fused-ring (bicyclic) bond motifs is 1. The van der Waals surface area contributed by atoms with Gasteiger partial charge in [-0.25, -0.2) is 4.79 Å². The van der Waals surface area contributed by atoms with E-state index in [1.807, 2.05) is 13.8 Å². The maximum Gasteiger partial charge on any atom is 0.332 e.